The topological polar surface area (TPSA) is 374 Å². The molecule has 2 aliphatic heterocycles. The van der Waals surface area contributed by atoms with Crippen molar-refractivity contribution in [1.29, 1.82) is 0 Å². The van der Waals surface area contributed by atoms with Gasteiger partial charge in [-0.25, -0.2) is 4.57 Å². The lowest BCUT2D eigenvalue weighted by Crippen LogP contribution is -2.69. The number of hydrogen-bond acceptors (Lipinski definition) is 23. The van der Waals surface area contributed by atoms with Gasteiger partial charge >= 0.3 is 25.7 Å². The molecular formula is C73H137O24P. The van der Waals surface area contributed by atoms with Gasteiger partial charge < -0.3 is 89.1 Å². The molecule has 24 nitrogen and oxygen atoms in total. The van der Waals surface area contributed by atoms with Gasteiger partial charge in [0.15, 0.2) is 18.7 Å². The Kier molecular flexibility index (Phi) is 51.0. The molecule has 0 bridgehead atoms. The van der Waals surface area contributed by atoms with E-state index in [0.717, 1.165) is 89.9 Å². The normalized spacial score (nSPS) is 27.6. The van der Waals surface area contributed by atoms with Gasteiger partial charge in [-0.05, 0) is 19.3 Å². The van der Waals surface area contributed by atoms with Gasteiger partial charge in [0, 0.05) is 19.3 Å². The molecule has 11 N–H and O–H groups in total. The summed E-state index contributed by atoms with van der Waals surface area (Å²) in [5, 5.41) is 110. The lowest BCUT2D eigenvalue weighted by atomic mass is 9.84. The Morgan fingerprint density at radius 2 is 0.653 bits per heavy atom. The Bertz CT molecular complexity index is 2030. The van der Waals surface area contributed by atoms with Crippen molar-refractivity contribution in [1.82, 2.24) is 0 Å². The van der Waals surface area contributed by atoms with Gasteiger partial charge in [0.05, 0.1) is 13.2 Å². The highest BCUT2D eigenvalue weighted by Gasteiger charge is 2.58. The number of phosphoric ester groups is 1. The van der Waals surface area contributed by atoms with Gasteiger partial charge in [-0.3, -0.25) is 23.4 Å². The SMILES string of the molecule is CCCCCCCCCCCCCCCCCCC(=O)OCC(COP(=O)(O)OC1C(OC2OC(CO)C(O)C(O)C2O)C(O)C(O)C(O)C1OC1OC(COC(=O)CCCCCCCCCCCCCCCC)C(O)C(O)C1O)OC(=O)CCCCCCCCCCCCCCC. The molecule has 0 spiro atoms. The van der Waals surface area contributed by atoms with Crippen LogP contribution in [0.5, 0.6) is 0 Å². The summed E-state index contributed by atoms with van der Waals surface area (Å²) in [5.41, 5.74) is 0. The van der Waals surface area contributed by atoms with Gasteiger partial charge in [-0.2, -0.15) is 0 Å². The molecule has 18 unspecified atom stereocenters. The zero-order valence-corrected chi connectivity index (χ0v) is 61.2. The number of carbonyl (C=O) groups is 3. The number of aliphatic hydroxyl groups is 10. The minimum atomic E-state index is -5.69. The number of esters is 3. The molecule has 18 atom stereocenters. The van der Waals surface area contributed by atoms with Crippen molar-refractivity contribution >= 4 is 25.7 Å². The summed E-state index contributed by atoms with van der Waals surface area (Å²) < 4.78 is 65.1. The first-order valence-corrected chi connectivity index (χ1v) is 40.3. The van der Waals surface area contributed by atoms with E-state index < -0.39 is 156 Å². The van der Waals surface area contributed by atoms with Crippen LogP contribution in [0.25, 0.3) is 0 Å². The zero-order chi connectivity index (χ0) is 71.8. The molecule has 3 fully saturated rings. The number of hydrogen-bond donors (Lipinski definition) is 11. The second-order valence-electron chi connectivity index (χ2n) is 28.1. The van der Waals surface area contributed by atoms with E-state index in [0.29, 0.717) is 19.3 Å². The Morgan fingerprint density at radius 3 is 1.00 bits per heavy atom. The van der Waals surface area contributed by atoms with E-state index >= 15 is 0 Å². The molecule has 98 heavy (non-hydrogen) atoms. The highest BCUT2D eigenvalue weighted by atomic mass is 31.2. The van der Waals surface area contributed by atoms with Crippen LogP contribution in [-0.4, -0.2) is 204 Å². The van der Waals surface area contributed by atoms with Crippen molar-refractivity contribution in [2.45, 2.75) is 420 Å². The smallest absolute Gasteiger partial charge is 0.463 e. The predicted octanol–water partition coefficient (Wildman–Crippen LogP) is 11.0. The molecule has 2 heterocycles. The first-order valence-electron chi connectivity index (χ1n) is 38.8. The maximum absolute atomic E-state index is 14.3. The minimum Gasteiger partial charge on any atom is -0.463 e. The number of rotatable bonds is 61. The molecule has 25 heteroatoms. The quantitative estimate of drug-likeness (QED) is 0.0117. The standard InChI is InChI=1S/C73H137O24P/c1-4-7-10-13-16-19-22-25-27-28-31-33-35-38-41-44-47-57(75)89-51-54(92-59(77)49-46-43-40-37-34-29-24-21-18-15-12-9-6-3)52-91-98(87,88)97-71-69(95-72-67(85)62(80)60(78)55(50-74)93-72)65(83)64(82)66(84)70(71)96-73-68(86)63(81)61(79)56(94-73)53-90-58(76)48-45-42-39-36-32-30-26-23-20-17-14-11-8-5-2/h54-56,60-74,78-86H,4-53H2,1-3H3,(H,87,88). The Hall–Kier alpha value is -2.04. The lowest BCUT2D eigenvalue weighted by molar-refractivity contribution is -0.360. The fourth-order valence-electron chi connectivity index (χ4n) is 13.1. The number of ether oxygens (including phenoxy) is 7. The van der Waals surface area contributed by atoms with Crippen LogP contribution in [0, 0.1) is 0 Å². The maximum Gasteiger partial charge on any atom is 0.472 e. The van der Waals surface area contributed by atoms with Crippen molar-refractivity contribution in [2.75, 3.05) is 26.4 Å². The monoisotopic (exact) mass is 1430 g/mol. The van der Waals surface area contributed by atoms with Crippen LogP contribution < -0.4 is 0 Å². The number of phosphoric acid groups is 1. The van der Waals surface area contributed by atoms with Crippen molar-refractivity contribution in [3.05, 3.63) is 0 Å². The van der Waals surface area contributed by atoms with E-state index in [4.69, 9.17) is 42.2 Å². The molecule has 3 aliphatic rings. The fourth-order valence-corrected chi connectivity index (χ4v) is 14.0. The zero-order valence-electron chi connectivity index (χ0n) is 60.3. The Labute approximate surface area is 587 Å². The molecular weight excluding hydrogens is 1290 g/mol. The van der Waals surface area contributed by atoms with Crippen LogP contribution in [0.1, 0.15) is 316 Å². The summed E-state index contributed by atoms with van der Waals surface area (Å²) in [6.45, 7) is 3.48. The molecule has 0 radical (unpaired) electrons. The van der Waals surface area contributed by atoms with Crippen molar-refractivity contribution in [2.24, 2.45) is 0 Å². The average molecular weight is 1430 g/mol. The highest BCUT2D eigenvalue weighted by Crippen LogP contribution is 2.49. The average Bonchev–Trinajstić information content (AvgIpc) is 0.763. The summed E-state index contributed by atoms with van der Waals surface area (Å²) in [6.07, 6.45) is 13.0. The molecule has 3 rings (SSSR count). The predicted molar refractivity (Wildman–Crippen MR) is 370 cm³/mol. The summed E-state index contributed by atoms with van der Waals surface area (Å²) in [7, 11) is -5.69. The van der Waals surface area contributed by atoms with E-state index in [1.54, 1.807) is 0 Å². The maximum atomic E-state index is 14.3. The molecule has 2 saturated heterocycles. The molecule has 1 saturated carbocycles. The third-order valence-corrected chi connectivity index (χ3v) is 20.4. The van der Waals surface area contributed by atoms with Gasteiger partial charge in [0.25, 0.3) is 0 Å². The van der Waals surface area contributed by atoms with Crippen molar-refractivity contribution in [3.63, 3.8) is 0 Å². The van der Waals surface area contributed by atoms with Gasteiger partial charge in [-0.1, -0.05) is 278 Å². The van der Waals surface area contributed by atoms with Crippen LogP contribution in [0.4, 0.5) is 0 Å². The summed E-state index contributed by atoms with van der Waals surface area (Å²) in [5.74, 6) is -1.97. The second kappa shape index (κ2) is 55.4. The summed E-state index contributed by atoms with van der Waals surface area (Å²) in [6, 6.07) is 0. The number of carbonyl (C=O) groups excluding carboxylic acids is 3. The first-order chi connectivity index (χ1) is 47.3. The number of aliphatic hydroxyl groups excluding tert-OH is 10. The molecule has 0 aromatic heterocycles. The third kappa shape index (κ3) is 38.1. The minimum absolute atomic E-state index is 0.0332. The highest BCUT2D eigenvalue weighted by molar-refractivity contribution is 7.47. The van der Waals surface area contributed by atoms with E-state index in [-0.39, 0.29) is 19.3 Å². The fraction of sp³-hybridized carbons (Fsp3) is 0.959. The van der Waals surface area contributed by atoms with Gasteiger partial charge in [0.2, 0.25) is 0 Å². The molecule has 0 aromatic rings. The van der Waals surface area contributed by atoms with E-state index in [1.165, 1.54) is 167 Å². The molecule has 1 aliphatic carbocycles. The summed E-state index contributed by atoms with van der Waals surface area (Å²) in [4.78, 5) is 51.0. The largest absolute Gasteiger partial charge is 0.472 e. The number of unbranched alkanes of at least 4 members (excludes halogenated alkanes) is 40. The molecule has 578 valence electrons. The van der Waals surface area contributed by atoms with Crippen LogP contribution >= 0.6 is 7.82 Å². The van der Waals surface area contributed by atoms with Crippen molar-refractivity contribution < 1.29 is 117 Å². The molecule has 0 amide bonds. The first kappa shape index (κ1) is 90.2. The Morgan fingerprint density at radius 1 is 0.357 bits per heavy atom. The lowest BCUT2D eigenvalue weighted by Gasteiger charge is -2.49. The summed E-state index contributed by atoms with van der Waals surface area (Å²) >= 11 is 0. The van der Waals surface area contributed by atoms with Gasteiger partial charge in [-0.15, -0.1) is 0 Å². The van der Waals surface area contributed by atoms with E-state index in [1.807, 2.05) is 0 Å². The van der Waals surface area contributed by atoms with Crippen LogP contribution in [0.15, 0.2) is 0 Å². The van der Waals surface area contributed by atoms with Crippen LogP contribution in [-0.2, 0) is 61.2 Å². The molecule has 0 aromatic carbocycles. The van der Waals surface area contributed by atoms with E-state index in [2.05, 4.69) is 20.8 Å². The van der Waals surface area contributed by atoms with Crippen LogP contribution in [0.3, 0.4) is 0 Å². The third-order valence-electron chi connectivity index (χ3n) is 19.4. The van der Waals surface area contributed by atoms with Gasteiger partial charge in [0.1, 0.15) is 98.7 Å². The Balaban J connectivity index is 1.72. The van der Waals surface area contributed by atoms with Crippen LogP contribution in [0.2, 0.25) is 0 Å². The second-order valence-corrected chi connectivity index (χ2v) is 29.5. The van der Waals surface area contributed by atoms with E-state index in [9.17, 15) is 74.9 Å². The van der Waals surface area contributed by atoms with Crippen molar-refractivity contribution in [3.8, 4) is 0 Å².